The standard InChI is InChI=1S/C28H33N3O3S/c1-19-26(31-28(32)22-4-7-25(8-5-22)34-13-10-20-2-3-20)9-6-23-16-21(18-30-27(19)23)17-29-24-11-14-35(33)15-12-24/h4-9,16,18,20,24,29H,2-3,10-15,17H2,1H3,(H,31,32)/t24-,35+. The number of rotatable bonds is 9. The van der Waals surface area contributed by atoms with Crippen LogP contribution in [0.5, 0.6) is 5.75 Å². The minimum absolute atomic E-state index is 0.147. The van der Waals surface area contributed by atoms with Gasteiger partial charge in [0.15, 0.2) is 0 Å². The largest absolute Gasteiger partial charge is 0.616 e. The summed E-state index contributed by atoms with van der Waals surface area (Å²) in [6.07, 6.45) is 7.60. The molecule has 0 atom stereocenters. The van der Waals surface area contributed by atoms with E-state index in [9.17, 15) is 9.35 Å². The quantitative estimate of drug-likeness (QED) is 0.413. The Bertz CT molecular complexity index is 1170. The fourth-order valence-electron chi connectivity index (χ4n) is 4.53. The second-order valence-electron chi connectivity index (χ2n) is 9.72. The lowest BCUT2D eigenvalue weighted by Gasteiger charge is -2.25. The summed E-state index contributed by atoms with van der Waals surface area (Å²) in [5, 5.41) is 7.66. The summed E-state index contributed by atoms with van der Waals surface area (Å²) < 4.78 is 17.3. The number of ether oxygens (including phenoxy) is 1. The summed E-state index contributed by atoms with van der Waals surface area (Å²) in [5.74, 6) is 3.08. The van der Waals surface area contributed by atoms with Gasteiger partial charge in [0.1, 0.15) is 17.3 Å². The molecule has 3 aromatic rings. The Morgan fingerprint density at radius 3 is 2.63 bits per heavy atom. The van der Waals surface area contributed by atoms with Gasteiger partial charge >= 0.3 is 0 Å². The van der Waals surface area contributed by atoms with E-state index in [1.807, 2.05) is 37.4 Å². The van der Waals surface area contributed by atoms with Gasteiger partial charge in [-0.15, -0.1) is 0 Å². The Labute approximate surface area is 210 Å². The van der Waals surface area contributed by atoms with E-state index in [0.29, 0.717) is 11.6 Å². The molecule has 0 radical (unpaired) electrons. The zero-order valence-corrected chi connectivity index (χ0v) is 21.0. The SMILES string of the molecule is Cc1c(NC(=O)c2ccc(OCCC3CC3)cc2)ccc2cc(CN[C@H]3CC[S@@+]([O-])CC3)cnc12. The number of carbonyl (C=O) groups excluding carboxylic acids is 1. The Kier molecular flexibility index (Phi) is 7.56. The third kappa shape index (κ3) is 6.34. The summed E-state index contributed by atoms with van der Waals surface area (Å²) in [5.41, 5.74) is 4.32. The molecule has 1 aliphatic heterocycles. The number of benzene rings is 2. The second kappa shape index (κ2) is 11.0. The smallest absolute Gasteiger partial charge is 0.255 e. The van der Waals surface area contributed by atoms with Crippen LogP contribution < -0.4 is 15.4 Å². The van der Waals surface area contributed by atoms with Gasteiger partial charge in [0.25, 0.3) is 5.91 Å². The second-order valence-corrected chi connectivity index (χ2v) is 11.4. The number of nitrogens with one attached hydrogen (secondary N) is 2. The van der Waals surface area contributed by atoms with Crippen molar-refractivity contribution in [2.24, 2.45) is 5.92 Å². The van der Waals surface area contributed by atoms with E-state index >= 15 is 0 Å². The Morgan fingerprint density at radius 1 is 1.11 bits per heavy atom. The van der Waals surface area contributed by atoms with Crippen molar-refractivity contribution < 1.29 is 14.1 Å². The predicted molar refractivity (Wildman–Crippen MR) is 141 cm³/mol. The van der Waals surface area contributed by atoms with Crippen LogP contribution in [0.15, 0.2) is 48.7 Å². The minimum atomic E-state index is -0.639. The van der Waals surface area contributed by atoms with Crippen LogP contribution in [-0.4, -0.2) is 39.6 Å². The molecule has 2 aromatic carbocycles. The van der Waals surface area contributed by atoms with Gasteiger partial charge < -0.3 is 19.9 Å². The third-order valence-corrected chi connectivity index (χ3v) is 8.38. The first-order chi connectivity index (χ1) is 17.0. The van der Waals surface area contributed by atoms with Crippen molar-refractivity contribution in [2.75, 3.05) is 23.4 Å². The highest BCUT2D eigenvalue weighted by molar-refractivity contribution is 7.91. The molecule has 1 aliphatic carbocycles. The predicted octanol–water partition coefficient (Wildman–Crippen LogP) is 4.98. The van der Waals surface area contributed by atoms with Crippen LogP contribution in [-0.2, 0) is 17.7 Å². The van der Waals surface area contributed by atoms with E-state index in [1.165, 1.54) is 12.8 Å². The average molecular weight is 492 g/mol. The molecule has 2 fully saturated rings. The van der Waals surface area contributed by atoms with Crippen molar-refractivity contribution in [3.63, 3.8) is 0 Å². The van der Waals surface area contributed by atoms with Crippen LogP contribution in [0.3, 0.4) is 0 Å². The Balaban J connectivity index is 1.19. The molecule has 0 bridgehead atoms. The highest BCUT2D eigenvalue weighted by Crippen LogP contribution is 2.32. The van der Waals surface area contributed by atoms with E-state index in [0.717, 1.165) is 83.3 Å². The van der Waals surface area contributed by atoms with E-state index in [1.54, 1.807) is 12.1 Å². The van der Waals surface area contributed by atoms with Crippen molar-refractivity contribution in [2.45, 2.75) is 51.6 Å². The number of pyridine rings is 1. The highest BCUT2D eigenvalue weighted by Gasteiger charge is 2.22. The number of aryl methyl sites for hydroxylation is 1. The van der Waals surface area contributed by atoms with E-state index in [4.69, 9.17) is 9.72 Å². The molecule has 1 amide bonds. The third-order valence-electron chi connectivity index (χ3n) is 7.00. The van der Waals surface area contributed by atoms with E-state index < -0.39 is 11.2 Å². The number of hydrogen-bond acceptors (Lipinski definition) is 5. The van der Waals surface area contributed by atoms with Gasteiger partial charge in [0.2, 0.25) is 0 Å². The number of amides is 1. The van der Waals surface area contributed by atoms with E-state index in [-0.39, 0.29) is 5.91 Å². The number of hydrogen-bond donors (Lipinski definition) is 2. The molecule has 6 nitrogen and oxygen atoms in total. The van der Waals surface area contributed by atoms with Crippen molar-refractivity contribution in [1.82, 2.24) is 10.3 Å². The van der Waals surface area contributed by atoms with Crippen LogP contribution >= 0.6 is 0 Å². The van der Waals surface area contributed by atoms with Gasteiger partial charge in [-0.2, -0.15) is 0 Å². The maximum absolute atomic E-state index is 12.8. The van der Waals surface area contributed by atoms with E-state index in [2.05, 4.69) is 16.7 Å². The summed E-state index contributed by atoms with van der Waals surface area (Å²) in [7, 11) is 0. The summed E-state index contributed by atoms with van der Waals surface area (Å²) in [6, 6.07) is 13.9. The molecule has 35 heavy (non-hydrogen) atoms. The molecule has 184 valence electrons. The molecule has 0 spiro atoms. The summed E-state index contributed by atoms with van der Waals surface area (Å²) >= 11 is -0.639. The molecule has 1 aromatic heterocycles. The van der Waals surface area contributed by atoms with Crippen LogP contribution in [0.2, 0.25) is 0 Å². The van der Waals surface area contributed by atoms with Gasteiger partial charge in [-0.05, 0) is 66.8 Å². The first kappa shape index (κ1) is 24.1. The summed E-state index contributed by atoms with van der Waals surface area (Å²) in [4.78, 5) is 17.5. The van der Waals surface area contributed by atoms with Crippen LogP contribution in [0.1, 0.15) is 53.6 Å². The average Bonchev–Trinajstić information content (AvgIpc) is 3.70. The molecule has 7 heteroatoms. The van der Waals surface area contributed by atoms with Crippen LogP contribution in [0.4, 0.5) is 5.69 Å². The maximum atomic E-state index is 12.8. The molecular weight excluding hydrogens is 458 g/mol. The summed E-state index contributed by atoms with van der Waals surface area (Å²) in [6.45, 7) is 3.47. The van der Waals surface area contributed by atoms with Crippen molar-refractivity contribution in [3.05, 3.63) is 65.4 Å². The fraction of sp³-hybridized carbons (Fsp3) is 0.429. The zero-order valence-electron chi connectivity index (χ0n) is 20.2. The molecule has 2 N–H and O–H groups in total. The topological polar surface area (TPSA) is 86.3 Å². The highest BCUT2D eigenvalue weighted by atomic mass is 32.2. The molecule has 1 saturated carbocycles. The van der Waals surface area contributed by atoms with Gasteiger partial charge in [0.05, 0.1) is 12.1 Å². The Hall–Kier alpha value is -2.61. The minimum Gasteiger partial charge on any atom is -0.616 e. The van der Waals surface area contributed by atoms with Crippen LogP contribution in [0.25, 0.3) is 10.9 Å². The molecule has 5 rings (SSSR count). The first-order valence-corrected chi connectivity index (χ1v) is 14.0. The molecule has 1 saturated heterocycles. The molecule has 2 aliphatic rings. The van der Waals surface area contributed by atoms with Gasteiger partial charge in [-0.25, -0.2) is 0 Å². The van der Waals surface area contributed by atoms with Gasteiger partial charge in [-0.3, -0.25) is 9.78 Å². The number of fused-ring (bicyclic) bond motifs is 1. The first-order valence-electron chi connectivity index (χ1n) is 12.6. The van der Waals surface area contributed by atoms with Gasteiger partial charge in [0, 0.05) is 48.3 Å². The molecule has 2 heterocycles. The normalized spacial score (nSPS) is 20.1. The number of carbonyl (C=O) groups is 1. The van der Waals surface area contributed by atoms with Crippen molar-refractivity contribution in [1.29, 1.82) is 0 Å². The maximum Gasteiger partial charge on any atom is 0.255 e. The van der Waals surface area contributed by atoms with Crippen molar-refractivity contribution in [3.8, 4) is 5.75 Å². The lowest BCUT2D eigenvalue weighted by atomic mass is 10.1. The molecule has 0 unspecified atom stereocenters. The Morgan fingerprint density at radius 2 is 1.89 bits per heavy atom. The van der Waals surface area contributed by atoms with Crippen LogP contribution in [0, 0.1) is 12.8 Å². The molecular formula is C28H33N3O3S. The monoisotopic (exact) mass is 491 g/mol. The fourth-order valence-corrected chi connectivity index (χ4v) is 5.83. The lowest BCUT2D eigenvalue weighted by molar-refractivity contribution is 0.102. The number of nitrogens with zero attached hydrogens (tertiary/aromatic N) is 1. The van der Waals surface area contributed by atoms with Crippen molar-refractivity contribution >= 4 is 33.7 Å². The number of aromatic nitrogens is 1. The zero-order chi connectivity index (χ0) is 24.2. The lowest BCUT2D eigenvalue weighted by Crippen LogP contribution is -2.37. The van der Waals surface area contributed by atoms with Gasteiger partial charge in [-0.1, -0.05) is 30.1 Å². The number of anilines is 1.